The first-order valence-corrected chi connectivity index (χ1v) is 11.0. The van der Waals surface area contributed by atoms with Gasteiger partial charge in [0.2, 0.25) is 5.91 Å². The van der Waals surface area contributed by atoms with Crippen LogP contribution in [0.2, 0.25) is 0 Å². The molecule has 1 atom stereocenters. The number of nitrogens with one attached hydrogen (secondary N) is 1. The highest BCUT2D eigenvalue weighted by molar-refractivity contribution is 6.05. The highest BCUT2D eigenvalue weighted by atomic mass is 16.5. The smallest absolute Gasteiger partial charge is 0.255 e. The standard InChI is InChI=1S/C27H28N2O3/c1-3-4-16-28-26(30)25-23-15-14-21(32-2)17-24(23)27(31)29(25)18-20-12-8-9-13-22(20)19-10-6-5-7-11-19/h5-15,17,25H,3-4,16,18H2,1-2H3,(H,28,30). The van der Waals surface area contributed by atoms with Crippen LogP contribution in [-0.2, 0) is 11.3 Å². The fourth-order valence-electron chi connectivity index (χ4n) is 4.20. The minimum atomic E-state index is -0.663. The van der Waals surface area contributed by atoms with E-state index in [0.29, 0.717) is 24.4 Å². The number of carbonyl (C=O) groups is 2. The predicted molar refractivity (Wildman–Crippen MR) is 125 cm³/mol. The van der Waals surface area contributed by atoms with Crippen molar-refractivity contribution in [3.63, 3.8) is 0 Å². The van der Waals surface area contributed by atoms with Gasteiger partial charge in [-0.05, 0) is 40.8 Å². The molecule has 0 fully saturated rings. The summed E-state index contributed by atoms with van der Waals surface area (Å²) in [4.78, 5) is 28.3. The average Bonchev–Trinajstić information content (AvgIpc) is 3.11. The summed E-state index contributed by atoms with van der Waals surface area (Å²) in [5.41, 5.74) is 4.38. The molecule has 5 heteroatoms. The van der Waals surface area contributed by atoms with Crippen LogP contribution in [0.1, 0.15) is 47.3 Å². The first-order chi connectivity index (χ1) is 15.6. The summed E-state index contributed by atoms with van der Waals surface area (Å²) in [7, 11) is 1.57. The maximum Gasteiger partial charge on any atom is 0.255 e. The van der Waals surface area contributed by atoms with Gasteiger partial charge in [-0.15, -0.1) is 0 Å². The number of benzene rings is 3. The molecule has 1 N–H and O–H groups in total. The van der Waals surface area contributed by atoms with Gasteiger partial charge in [0.15, 0.2) is 0 Å². The van der Waals surface area contributed by atoms with Crippen molar-refractivity contribution in [3.8, 4) is 16.9 Å². The Hall–Kier alpha value is -3.60. The van der Waals surface area contributed by atoms with E-state index < -0.39 is 6.04 Å². The van der Waals surface area contributed by atoms with E-state index in [4.69, 9.17) is 4.74 Å². The van der Waals surface area contributed by atoms with Crippen LogP contribution in [0.4, 0.5) is 0 Å². The zero-order chi connectivity index (χ0) is 22.5. The Morgan fingerprint density at radius 2 is 1.75 bits per heavy atom. The van der Waals surface area contributed by atoms with E-state index in [0.717, 1.165) is 35.1 Å². The Labute approximate surface area is 189 Å². The van der Waals surface area contributed by atoms with Gasteiger partial charge in [0.05, 0.1) is 7.11 Å². The molecule has 1 aliphatic heterocycles. The van der Waals surface area contributed by atoms with Gasteiger partial charge in [-0.3, -0.25) is 9.59 Å². The number of ether oxygens (including phenoxy) is 1. The summed E-state index contributed by atoms with van der Waals surface area (Å²) in [6.45, 7) is 3.02. The molecule has 0 aromatic heterocycles. The van der Waals surface area contributed by atoms with Crippen LogP contribution in [0.25, 0.3) is 11.1 Å². The number of unbranched alkanes of at least 4 members (excludes halogenated alkanes) is 1. The third kappa shape index (κ3) is 4.24. The predicted octanol–water partition coefficient (Wildman–Crippen LogP) is 4.98. The van der Waals surface area contributed by atoms with E-state index in [1.807, 2.05) is 42.5 Å². The molecule has 0 spiro atoms. The maximum atomic E-state index is 13.5. The molecule has 32 heavy (non-hydrogen) atoms. The summed E-state index contributed by atoms with van der Waals surface area (Å²) >= 11 is 0. The van der Waals surface area contributed by atoms with E-state index in [2.05, 4.69) is 30.4 Å². The third-order valence-corrected chi connectivity index (χ3v) is 5.88. The lowest BCUT2D eigenvalue weighted by atomic mass is 9.99. The highest BCUT2D eigenvalue weighted by Gasteiger charge is 2.41. The van der Waals surface area contributed by atoms with Gasteiger partial charge < -0.3 is 15.0 Å². The molecule has 1 unspecified atom stereocenters. The quantitative estimate of drug-likeness (QED) is 0.515. The second-order valence-corrected chi connectivity index (χ2v) is 7.96. The van der Waals surface area contributed by atoms with E-state index >= 15 is 0 Å². The minimum absolute atomic E-state index is 0.145. The Bertz CT molecular complexity index is 1110. The summed E-state index contributed by atoms with van der Waals surface area (Å²) in [6.07, 6.45) is 1.89. The number of carbonyl (C=O) groups excluding carboxylic acids is 2. The number of methoxy groups -OCH3 is 1. The number of hydrogen-bond donors (Lipinski definition) is 1. The number of hydrogen-bond acceptors (Lipinski definition) is 3. The van der Waals surface area contributed by atoms with Crippen molar-refractivity contribution in [1.82, 2.24) is 10.2 Å². The lowest BCUT2D eigenvalue weighted by Crippen LogP contribution is -2.39. The fourth-order valence-corrected chi connectivity index (χ4v) is 4.20. The fraction of sp³-hybridized carbons (Fsp3) is 0.259. The van der Waals surface area contributed by atoms with Gasteiger partial charge >= 0.3 is 0 Å². The minimum Gasteiger partial charge on any atom is -0.497 e. The van der Waals surface area contributed by atoms with Crippen molar-refractivity contribution in [2.24, 2.45) is 0 Å². The molecule has 1 aliphatic rings. The van der Waals surface area contributed by atoms with Crippen molar-refractivity contribution in [3.05, 3.63) is 89.5 Å². The maximum absolute atomic E-state index is 13.5. The second-order valence-electron chi connectivity index (χ2n) is 7.96. The summed E-state index contributed by atoms with van der Waals surface area (Å²) < 4.78 is 5.32. The van der Waals surface area contributed by atoms with Gasteiger partial charge in [0.25, 0.3) is 5.91 Å². The van der Waals surface area contributed by atoms with Crippen LogP contribution >= 0.6 is 0 Å². The lowest BCUT2D eigenvalue weighted by Gasteiger charge is -2.26. The first kappa shape index (κ1) is 21.6. The molecule has 4 rings (SSSR count). The number of amides is 2. The number of fused-ring (bicyclic) bond motifs is 1. The second kappa shape index (κ2) is 9.69. The molecular weight excluding hydrogens is 400 g/mol. The van der Waals surface area contributed by atoms with Crippen LogP contribution in [0.3, 0.4) is 0 Å². The largest absolute Gasteiger partial charge is 0.497 e. The van der Waals surface area contributed by atoms with Crippen molar-refractivity contribution in [1.29, 1.82) is 0 Å². The van der Waals surface area contributed by atoms with E-state index in [1.165, 1.54) is 0 Å². The van der Waals surface area contributed by atoms with Crippen LogP contribution in [0, 0.1) is 0 Å². The normalized spacial score (nSPS) is 14.9. The third-order valence-electron chi connectivity index (χ3n) is 5.88. The summed E-state index contributed by atoms with van der Waals surface area (Å²) in [6, 6.07) is 22.8. The first-order valence-electron chi connectivity index (χ1n) is 11.0. The molecule has 1 heterocycles. The van der Waals surface area contributed by atoms with Crippen LogP contribution < -0.4 is 10.1 Å². The molecule has 0 saturated heterocycles. The SMILES string of the molecule is CCCCNC(=O)C1c2ccc(OC)cc2C(=O)N1Cc1ccccc1-c1ccccc1. The molecular formula is C27H28N2O3. The Morgan fingerprint density at radius 1 is 1.00 bits per heavy atom. The molecule has 0 aliphatic carbocycles. The molecule has 0 bridgehead atoms. The van der Waals surface area contributed by atoms with E-state index in [-0.39, 0.29) is 11.8 Å². The van der Waals surface area contributed by atoms with Gasteiger partial charge in [0, 0.05) is 18.7 Å². The zero-order valence-electron chi connectivity index (χ0n) is 18.5. The van der Waals surface area contributed by atoms with Gasteiger partial charge in [-0.2, -0.15) is 0 Å². The van der Waals surface area contributed by atoms with Crippen LogP contribution in [0.15, 0.2) is 72.8 Å². The highest BCUT2D eigenvalue weighted by Crippen LogP contribution is 2.38. The molecule has 5 nitrogen and oxygen atoms in total. The number of nitrogens with zero attached hydrogens (tertiary/aromatic N) is 1. The molecule has 0 radical (unpaired) electrons. The Kier molecular flexibility index (Phi) is 6.55. The Morgan fingerprint density at radius 3 is 2.50 bits per heavy atom. The van der Waals surface area contributed by atoms with Gasteiger partial charge in [0.1, 0.15) is 11.8 Å². The van der Waals surface area contributed by atoms with Crippen LogP contribution in [-0.4, -0.2) is 30.4 Å². The summed E-state index contributed by atoms with van der Waals surface area (Å²) in [5, 5.41) is 3.01. The van der Waals surface area contributed by atoms with Gasteiger partial charge in [-0.1, -0.05) is 74.0 Å². The molecule has 3 aromatic rings. The topological polar surface area (TPSA) is 58.6 Å². The molecule has 3 aromatic carbocycles. The monoisotopic (exact) mass is 428 g/mol. The van der Waals surface area contributed by atoms with Crippen molar-refractivity contribution < 1.29 is 14.3 Å². The molecule has 0 saturated carbocycles. The molecule has 164 valence electrons. The van der Waals surface area contributed by atoms with Gasteiger partial charge in [-0.25, -0.2) is 0 Å². The summed E-state index contributed by atoms with van der Waals surface area (Å²) in [5.74, 6) is 0.305. The molecule has 2 amide bonds. The van der Waals surface area contributed by atoms with Crippen molar-refractivity contribution >= 4 is 11.8 Å². The zero-order valence-corrected chi connectivity index (χ0v) is 18.5. The van der Waals surface area contributed by atoms with E-state index in [9.17, 15) is 9.59 Å². The van der Waals surface area contributed by atoms with Crippen molar-refractivity contribution in [2.75, 3.05) is 13.7 Å². The Balaban J connectivity index is 1.71. The van der Waals surface area contributed by atoms with Crippen LogP contribution in [0.5, 0.6) is 5.75 Å². The lowest BCUT2D eigenvalue weighted by molar-refractivity contribution is -0.125. The average molecular weight is 429 g/mol. The van der Waals surface area contributed by atoms with Crippen molar-refractivity contribution in [2.45, 2.75) is 32.4 Å². The number of rotatable bonds is 8. The van der Waals surface area contributed by atoms with E-state index in [1.54, 1.807) is 24.1 Å².